The summed E-state index contributed by atoms with van der Waals surface area (Å²) in [6.07, 6.45) is 2.42. The molecule has 0 bridgehead atoms. The zero-order chi connectivity index (χ0) is 12.7. The van der Waals surface area contributed by atoms with Gasteiger partial charge in [0.25, 0.3) is 0 Å². The van der Waals surface area contributed by atoms with E-state index in [2.05, 4.69) is 6.58 Å². The molecule has 0 heterocycles. The molecule has 0 spiro atoms. The Labute approximate surface area is 107 Å². The number of esters is 1. The highest BCUT2D eigenvalue weighted by Crippen LogP contribution is 2.14. The van der Waals surface area contributed by atoms with Gasteiger partial charge in [0.2, 0.25) is 0 Å². The summed E-state index contributed by atoms with van der Waals surface area (Å²) in [5.74, 6) is -0.293. The molecule has 0 aliphatic heterocycles. The Morgan fingerprint density at radius 3 is 2.88 bits per heavy atom. The predicted octanol–water partition coefficient (Wildman–Crippen LogP) is 3.78. The van der Waals surface area contributed by atoms with E-state index in [1.165, 1.54) is 5.56 Å². The number of carbonyl (C=O) groups excluding carboxylic acids is 1. The summed E-state index contributed by atoms with van der Waals surface area (Å²) in [5, 5.41) is 0.742. The molecule has 1 rings (SSSR count). The number of hydrogen-bond acceptors (Lipinski definition) is 2. The first kappa shape index (κ1) is 13.8. The van der Waals surface area contributed by atoms with Gasteiger partial charge in [0.1, 0.15) is 0 Å². The average Bonchev–Trinajstić information content (AvgIpc) is 2.29. The monoisotopic (exact) mass is 252 g/mol. The molecule has 0 fully saturated rings. The SMILES string of the molecule is C=C(CCCc1cccc(Cl)c1)C(=O)OCC. The second kappa shape index (κ2) is 7.13. The molecule has 0 unspecified atom stereocenters. The van der Waals surface area contributed by atoms with Crippen molar-refractivity contribution >= 4 is 17.6 Å². The highest BCUT2D eigenvalue weighted by Gasteiger charge is 2.07. The van der Waals surface area contributed by atoms with Crippen LogP contribution in [0.5, 0.6) is 0 Å². The van der Waals surface area contributed by atoms with Crippen molar-refractivity contribution in [2.75, 3.05) is 6.61 Å². The van der Waals surface area contributed by atoms with E-state index < -0.39 is 0 Å². The molecular weight excluding hydrogens is 236 g/mol. The summed E-state index contributed by atoms with van der Waals surface area (Å²) in [6, 6.07) is 7.74. The quantitative estimate of drug-likeness (QED) is 0.569. The molecule has 1 aromatic rings. The minimum absolute atomic E-state index is 0.293. The molecule has 0 aliphatic carbocycles. The van der Waals surface area contributed by atoms with Crippen molar-refractivity contribution in [2.24, 2.45) is 0 Å². The van der Waals surface area contributed by atoms with Crippen LogP contribution in [0.3, 0.4) is 0 Å². The van der Waals surface area contributed by atoms with E-state index >= 15 is 0 Å². The van der Waals surface area contributed by atoms with Gasteiger partial charge in [0, 0.05) is 10.6 Å². The van der Waals surface area contributed by atoms with E-state index in [0.717, 1.165) is 17.9 Å². The maximum Gasteiger partial charge on any atom is 0.333 e. The summed E-state index contributed by atoms with van der Waals surface area (Å²) < 4.78 is 4.87. The van der Waals surface area contributed by atoms with Gasteiger partial charge in [-0.25, -0.2) is 4.79 Å². The van der Waals surface area contributed by atoms with E-state index in [-0.39, 0.29) is 5.97 Å². The Hall–Kier alpha value is -1.28. The van der Waals surface area contributed by atoms with Crippen molar-refractivity contribution < 1.29 is 9.53 Å². The van der Waals surface area contributed by atoms with Gasteiger partial charge >= 0.3 is 5.97 Å². The fraction of sp³-hybridized carbons (Fsp3) is 0.357. The highest BCUT2D eigenvalue weighted by atomic mass is 35.5. The predicted molar refractivity (Wildman–Crippen MR) is 70.2 cm³/mol. The van der Waals surface area contributed by atoms with Crippen LogP contribution in [-0.2, 0) is 16.0 Å². The third-order valence-corrected chi connectivity index (χ3v) is 2.63. The van der Waals surface area contributed by atoms with Crippen LogP contribution in [0.2, 0.25) is 5.02 Å². The lowest BCUT2D eigenvalue weighted by Gasteiger charge is -2.05. The summed E-state index contributed by atoms with van der Waals surface area (Å²) in [7, 11) is 0. The highest BCUT2D eigenvalue weighted by molar-refractivity contribution is 6.30. The Morgan fingerprint density at radius 2 is 2.24 bits per heavy atom. The van der Waals surface area contributed by atoms with Crippen molar-refractivity contribution in [1.29, 1.82) is 0 Å². The van der Waals surface area contributed by atoms with Gasteiger partial charge in [0.05, 0.1) is 6.61 Å². The first-order chi connectivity index (χ1) is 8.13. The summed E-state index contributed by atoms with van der Waals surface area (Å²) in [4.78, 5) is 11.3. The van der Waals surface area contributed by atoms with Crippen molar-refractivity contribution in [2.45, 2.75) is 26.2 Å². The largest absolute Gasteiger partial charge is 0.463 e. The number of hydrogen-bond donors (Lipinski definition) is 0. The van der Waals surface area contributed by atoms with E-state index in [1.807, 2.05) is 24.3 Å². The zero-order valence-electron chi connectivity index (χ0n) is 10.0. The van der Waals surface area contributed by atoms with Gasteiger partial charge < -0.3 is 4.74 Å². The first-order valence-corrected chi connectivity index (χ1v) is 6.10. The van der Waals surface area contributed by atoms with Crippen LogP contribution in [-0.4, -0.2) is 12.6 Å². The van der Waals surface area contributed by atoms with Gasteiger partial charge in [0.15, 0.2) is 0 Å². The van der Waals surface area contributed by atoms with Crippen LogP contribution in [0.4, 0.5) is 0 Å². The summed E-state index contributed by atoms with van der Waals surface area (Å²) in [6.45, 7) is 5.91. The van der Waals surface area contributed by atoms with Crippen LogP contribution < -0.4 is 0 Å². The van der Waals surface area contributed by atoms with Crippen molar-refractivity contribution in [3.8, 4) is 0 Å². The molecule has 1 aromatic carbocycles. The standard InChI is InChI=1S/C14H17ClO2/c1-3-17-14(16)11(2)6-4-7-12-8-5-9-13(15)10-12/h5,8-10H,2-4,6-7H2,1H3. The average molecular weight is 253 g/mol. The maximum atomic E-state index is 11.3. The first-order valence-electron chi connectivity index (χ1n) is 5.73. The van der Waals surface area contributed by atoms with E-state index in [0.29, 0.717) is 18.6 Å². The maximum absolute atomic E-state index is 11.3. The van der Waals surface area contributed by atoms with Gasteiger partial charge in [-0.05, 0) is 43.9 Å². The van der Waals surface area contributed by atoms with Crippen LogP contribution in [0.15, 0.2) is 36.4 Å². The van der Waals surface area contributed by atoms with Gasteiger partial charge in [-0.3, -0.25) is 0 Å². The van der Waals surface area contributed by atoms with Crippen molar-refractivity contribution in [3.63, 3.8) is 0 Å². The summed E-state index contributed by atoms with van der Waals surface area (Å²) in [5.41, 5.74) is 1.71. The topological polar surface area (TPSA) is 26.3 Å². The van der Waals surface area contributed by atoms with Gasteiger partial charge in [-0.15, -0.1) is 0 Å². The fourth-order valence-corrected chi connectivity index (χ4v) is 1.75. The van der Waals surface area contributed by atoms with E-state index in [9.17, 15) is 4.79 Å². The number of ether oxygens (including phenoxy) is 1. The van der Waals surface area contributed by atoms with Crippen molar-refractivity contribution in [3.05, 3.63) is 47.0 Å². The lowest BCUT2D eigenvalue weighted by Crippen LogP contribution is -2.06. The number of aryl methyl sites for hydroxylation is 1. The number of benzene rings is 1. The molecule has 2 nitrogen and oxygen atoms in total. The Morgan fingerprint density at radius 1 is 1.47 bits per heavy atom. The molecule has 17 heavy (non-hydrogen) atoms. The third-order valence-electron chi connectivity index (χ3n) is 2.40. The molecule has 0 saturated heterocycles. The molecule has 0 aromatic heterocycles. The Bertz CT molecular complexity index is 399. The fourth-order valence-electron chi connectivity index (χ4n) is 1.53. The van der Waals surface area contributed by atoms with Crippen LogP contribution in [0.25, 0.3) is 0 Å². The summed E-state index contributed by atoms with van der Waals surface area (Å²) >= 11 is 5.89. The Kier molecular flexibility index (Phi) is 5.78. The van der Waals surface area contributed by atoms with Crippen LogP contribution in [0, 0.1) is 0 Å². The zero-order valence-corrected chi connectivity index (χ0v) is 10.8. The molecule has 92 valence electrons. The molecule has 0 aliphatic rings. The third kappa shape index (κ3) is 5.05. The minimum Gasteiger partial charge on any atom is -0.463 e. The number of carbonyl (C=O) groups is 1. The number of rotatable bonds is 6. The van der Waals surface area contributed by atoms with Gasteiger partial charge in [-0.1, -0.05) is 30.3 Å². The molecule has 0 radical (unpaired) electrons. The van der Waals surface area contributed by atoms with Crippen LogP contribution in [0.1, 0.15) is 25.3 Å². The normalized spacial score (nSPS) is 10.0. The van der Waals surface area contributed by atoms with Gasteiger partial charge in [-0.2, -0.15) is 0 Å². The molecular formula is C14H17ClO2. The molecule has 0 N–H and O–H groups in total. The minimum atomic E-state index is -0.293. The smallest absolute Gasteiger partial charge is 0.333 e. The lowest BCUT2D eigenvalue weighted by atomic mass is 10.1. The molecule has 3 heteroatoms. The Balaban J connectivity index is 2.33. The van der Waals surface area contributed by atoms with Crippen molar-refractivity contribution in [1.82, 2.24) is 0 Å². The van der Waals surface area contributed by atoms with E-state index in [4.69, 9.17) is 16.3 Å². The van der Waals surface area contributed by atoms with E-state index in [1.54, 1.807) is 6.92 Å². The molecule has 0 amide bonds. The second-order valence-corrected chi connectivity index (χ2v) is 4.24. The molecule has 0 saturated carbocycles. The number of halogens is 1. The lowest BCUT2D eigenvalue weighted by molar-refractivity contribution is -0.138. The second-order valence-electron chi connectivity index (χ2n) is 3.81. The van der Waals surface area contributed by atoms with Crippen LogP contribution >= 0.6 is 11.6 Å². The molecule has 0 atom stereocenters.